The molecule has 2 aromatic carbocycles. The average Bonchev–Trinajstić information content (AvgIpc) is 2.80. The molecule has 1 fully saturated rings. The molecule has 0 atom stereocenters. The number of hydrogen-bond donors (Lipinski definition) is 3. The SMILES string of the molecule is Cc1cnc(Nc2cc(F)c(C3CCN(C)CC3)c(F)c2)nc1Nc1cc(Cl)cc(NS(=O)(=O)C(C)(C)C)c1. The van der Waals surface area contributed by atoms with E-state index in [9.17, 15) is 17.2 Å². The Kier molecular flexibility index (Phi) is 8.34. The fraction of sp³-hybridized carbons (Fsp3) is 0.407. The highest BCUT2D eigenvalue weighted by Crippen LogP contribution is 2.34. The number of halogens is 3. The van der Waals surface area contributed by atoms with E-state index < -0.39 is 26.4 Å². The molecule has 4 rings (SSSR count). The molecule has 0 spiro atoms. The zero-order chi connectivity index (χ0) is 28.5. The van der Waals surface area contributed by atoms with Gasteiger partial charge in [-0.05, 0) is 96.9 Å². The average molecular weight is 579 g/mol. The van der Waals surface area contributed by atoms with Gasteiger partial charge in [0.05, 0.1) is 10.4 Å². The van der Waals surface area contributed by atoms with Crippen LogP contribution in [0, 0.1) is 18.6 Å². The molecule has 1 aromatic heterocycles. The van der Waals surface area contributed by atoms with Crippen LogP contribution < -0.4 is 15.4 Å². The van der Waals surface area contributed by atoms with Crippen LogP contribution in [0.4, 0.5) is 37.6 Å². The fourth-order valence-electron chi connectivity index (χ4n) is 4.27. The second-order valence-electron chi connectivity index (χ2n) is 10.9. The van der Waals surface area contributed by atoms with Gasteiger partial charge in [-0.1, -0.05) is 11.6 Å². The first-order valence-corrected chi connectivity index (χ1v) is 14.5. The Hall–Kier alpha value is -3.02. The normalized spacial score (nSPS) is 15.3. The number of rotatable bonds is 7. The molecule has 12 heteroatoms. The Morgan fingerprint density at radius 3 is 2.18 bits per heavy atom. The molecule has 0 amide bonds. The first-order chi connectivity index (χ1) is 18.2. The van der Waals surface area contributed by atoms with Crippen molar-refractivity contribution in [1.29, 1.82) is 0 Å². The van der Waals surface area contributed by atoms with Crippen LogP contribution in [0.25, 0.3) is 0 Å². The number of aromatic nitrogens is 2. The van der Waals surface area contributed by atoms with Crippen LogP contribution in [0.2, 0.25) is 5.02 Å². The lowest BCUT2D eigenvalue weighted by Gasteiger charge is -2.29. The Morgan fingerprint density at radius 2 is 1.56 bits per heavy atom. The molecule has 210 valence electrons. The van der Waals surface area contributed by atoms with Crippen molar-refractivity contribution in [1.82, 2.24) is 14.9 Å². The van der Waals surface area contributed by atoms with Gasteiger partial charge in [0.1, 0.15) is 17.5 Å². The third-order valence-corrected chi connectivity index (χ3v) is 8.99. The number of hydrogen-bond acceptors (Lipinski definition) is 7. The molecular weight excluding hydrogens is 546 g/mol. The molecule has 3 N–H and O–H groups in total. The Labute approximate surface area is 233 Å². The van der Waals surface area contributed by atoms with Gasteiger partial charge < -0.3 is 15.5 Å². The van der Waals surface area contributed by atoms with Crippen LogP contribution in [-0.2, 0) is 10.0 Å². The highest BCUT2D eigenvalue weighted by molar-refractivity contribution is 7.94. The molecule has 0 unspecified atom stereocenters. The lowest BCUT2D eigenvalue weighted by atomic mass is 9.88. The van der Waals surface area contributed by atoms with E-state index in [4.69, 9.17) is 11.6 Å². The van der Waals surface area contributed by atoms with Crippen molar-refractivity contribution in [3.8, 4) is 0 Å². The third-order valence-electron chi connectivity index (χ3n) is 6.65. The van der Waals surface area contributed by atoms with E-state index in [0.29, 0.717) is 40.6 Å². The first kappa shape index (κ1) is 29.0. The van der Waals surface area contributed by atoms with Crippen molar-refractivity contribution in [2.45, 2.75) is 51.2 Å². The smallest absolute Gasteiger partial charge is 0.237 e. The summed E-state index contributed by atoms with van der Waals surface area (Å²) in [5, 5.41) is 6.31. The van der Waals surface area contributed by atoms with E-state index in [1.165, 1.54) is 18.2 Å². The van der Waals surface area contributed by atoms with E-state index in [1.807, 2.05) is 7.05 Å². The van der Waals surface area contributed by atoms with Crippen LogP contribution >= 0.6 is 11.6 Å². The molecule has 1 aliphatic rings. The molecule has 1 saturated heterocycles. The second-order valence-corrected chi connectivity index (χ2v) is 13.7. The van der Waals surface area contributed by atoms with Gasteiger partial charge in [-0.25, -0.2) is 22.2 Å². The van der Waals surface area contributed by atoms with Gasteiger partial charge in [0, 0.05) is 33.7 Å². The summed E-state index contributed by atoms with van der Waals surface area (Å²) >= 11 is 6.25. The first-order valence-electron chi connectivity index (χ1n) is 12.6. The Morgan fingerprint density at radius 1 is 0.974 bits per heavy atom. The van der Waals surface area contributed by atoms with E-state index in [1.54, 1.807) is 46.0 Å². The predicted molar refractivity (Wildman–Crippen MR) is 153 cm³/mol. The molecule has 0 bridgehead atoms. The molecule has 1 aliphatic heterocycles. The minimum Gasteiger partial charge on any atom is -0.340 e. The Bertz CT molecular complexity index is 1450. The van der Waals surface area contributed by atoms with Crippen LogP contribution in [0.3, 0.4) is 0 Å². The largest absolute Gasteiger partial charge is 0.340 e. The number of sulfonamides is 1. The van der Waals surface area contributed by atoms with Gasteiger partial charge >= 0.3 is 0 Å². The number of benzene rings is 2. The number of likely N-dealkylation sites (tertiary alicyclic amines) is 1. The van der Waals surface area contributed by atoms with Gasteiger partial charge in [0.2, 0.25) is 16.0 Å². The van der Waals surface area contributed by atoms with E-state index in [-0.39, 0.29) is 23.1 Å². The highest BCUT2D eigenvalue weighted by Gasteiger charge is 2.29. The van der Waals surface area contributed by atoms with E-state index in [2.05, 4.69) is 30.2 Å². The quantitative estimate of drug-likeness (QED) is 0.292. The number of anilines is 5. The topological polar surface area (TPSA) is 99.2 Å². The minimum absolute atomic E-state index is 0.125. The molecule has 39 heavy (non-hydrogen) atoms. The number of nitrogens with zero attached hydrogens (tertiary/aromatic N) is 3. The fourth-order valence-corrected chi connectivity index (χ4v) is 5.24. The van der Waals surface area contributed by atoms with Crippen molar-refractivity contribution in [2.75, 3.05) is 35.5 Å². The van der Waals surface area contributed by atoms with Crippen molar-refractivity contribution in [2.24, 2.45) is 0 Å². The summed E-state index contributed by atoms with van der Waals surface area (Å²) in [6, 6.07) is 7.25. The van der Waals surface area contributed by atoms with Crippen LogP contribution in [-0.4, -0.2) is 48.2 Å². The van der Waals surface area contributed by atoms with Gasteiger partial charge in [-0.15, -0.1) is 0 Å². The van der Waals surface area contributed by atoms with E-state index in [0.717, 1.165) is 13.1 Å². The molecule has 0 saturated carbocycles. The molecule has 2 heterocycles. The molecule has 3 aromatic rings. The van der Waals surface area contributed by atoms with E-state index >= 15 is 0 Å². The molecule has 0 radical (unpaired) electrons. The zero-order valence-corrected chi connectivity index (χ0v) is 24.1. The molecule has 0 aliphatic carbocycles. The molecule has 8 nitrogen and oxygen atoms in total. The Balaban J connectivity index is 1.54. The maximum absolute atomic E-state index is 15.0. The van der Waals surface area contributed by atoms with Crippen molar-refractivity contribution >= 4 is 50.5 Å². The summed E-state index contributed by atoms with van der Waals surface area (Å²) in [7, 11) is -1.66. The van der Waals surface area contributed by atoms with Gasteiger partial charge in [-0.2, -0.15) is 4.98 Å². The number of piperidine rings is 1. The third kappa shape index (κ3) is 6.95. The van der Waals surface area contributed by atoms with Crippen LogP contribution in [0.15, 0.2) is 36.5 Å². The maximum Gasteiger partial charge on any atom is 0.237 e. The van der Waals surface area contributed by atoms with Gasteiger partial charge in [-0.3, -0.25) is 4.72 Å². The summed E-state index contributed by atoms with van der Waals surface area (Å²) < 4.78 is 56.7. The minimum atomic E-state index is -3.66. The van der Waals surface area contributed by atoms with Crippen LogP contribution in [0.1, 0.15) is 50.7 Å². The predicted octanol–water partition coefficient (Wildman–Crippen LogP) is 6.55. The summed E-state index contributed by atoms with van der Waals surface area (Å²) in [6.07, 6.45) is 2.97. The van der Waals surface area contributed by atoms with Crippen LogP contribution in [0.5, 0.6) is 0 Å². The van der Waals surface area contributed by atoms with Crippen molar-refractivity contribution in [3.05, 3.63) is 64.3 Å². The van der Waals surface area contributed by atoms with Crippen molar-refractivity contribution < 1.29 is 17.2 Å². The van der Waals surface area contributed by atoms with Crippen molar-refractivity contribution in [3.63, 3.8) is 0 Å². The summed E-state index contributed by atoms with van der Waals surface area (Å²) in [5.74, 6) is -0.812. The van der Waals surface area contributed by atoms with Gasteiger partial charge in [0.25, 0.3) is 0 Å². The monoisotopic (exact) mass is 578 g/mol. The lowest BCUT2D eigenvalue weighted by Crippen LogP contribution is -2.33. The summed E-state index contributed by atoms with van der Waals surface area (Å²) in [4.78, 5) is 10.8. The maximum atomic E-state index is 15.0. The zero-order valence-electron chi connectivity index (χ0n) is 22.6. The number of aryl methyl sites for hydroxylation is 1. The van der Waals surface area contributed by atoms with Gasteiger partial charge in [0.15, 0.2) is 0 Å². The highest BCUT2D eigenvalue weighted by atomic mass is 35.5. The molecular formula is C27H33ClF2N6O2S. The summed E-state index contributed by atoms with van der Waals surface area (Å²) in [6.45, 7) is 8.17. The lowest BCUT2D eigenvalue weighted by molar-refractivity contribution is 0.250. The summed E-state index contributed by atoms with van der Waals surface area (Å²) in [5.41, 5.74) is 1.78. The number of nitrogens with one attached hydrogen (secondary N) is 3. The standard InChI is InChI=1S/C27H33ClF2N6O2S/c1-16-15-31-26(33-20-13-22(29)24(23(30)14-20)17-6-8-36(5)9-7-17)34-25(16)32-19-10-18(28)11-21(12-19)35-39(37,38)27(2,3)4/h10-15,17,35H,6-9H2,1-5H3,(H2,31,32,33,34). The second kappa shape index (κ2) is 11.2.